The van der Waals surface area contributed by atoms with E-state index in [2.05, 4.69) is 14.7 Å². The van der Waals surface area contributed by atoms with Crippen molar-refractivity contribution in [2.45, 2.75) is 96.7 Å². The molecule has 6 rings (SSSR count). The lowest BCUT2D eigenvalue weighted by molar-refractivity contribution is -0.757. The molecule has 2 amide bonds. The van der Waals surface area contributed by atoms with Crippen molar-refractivity contribution in [1.29, 1.82) is 0 Å². The Morgan fingerprint density at radius 3 is 2.18 bits per heavy atom. The van der Waals surface area contributed by atoms with Crippen molar-refractivity contribution in [1.82, 2.24) is 14.8 Å². The van der Waals surface area contributed by atoms with Crippen LogP contribution >= 0.6 is 11.6 Å². The number of carbonyl (C=O) groups excluding carboxylic acids is 3. The van der Waals surface area contributed by atoms with Gasteiger partial charge in [-0.05, 0) is 119 Å². The number of aromatic nitrogens is 1. The molecule has 0 saturated heterocycles. The van der Waals surface area contributed by atoms with E-state index in [4.69, 9.17) is 35.3 Å². The second-order valence-electron chi connectivity index (χ2n) is 16.9. The van der Waals surface area contributed by atoms with Crippen LogP contribution in [0, 0.1) is 44.2 Å². The summed E-state index contributed by atoms with van der Waals surface area (Å²) in [5.41, 5.74) is 4.07. The minimum atomic E-state index is -0.921. The van der Waals surface area contributed by atoms with E-state index in [1.807, 2.05) is 42.2 Å². The molecule has 1 aromatic heterocycles. The number of unbranched alkanes of at least 4 members (excludes halogenated alkanes) is 2. The van der Waals surface area contributed by atoms with Gasteiger partial charge in [0.05, 0.1) is 39.6 Å². The van der Waals surface area contributed by atoms with Gasteiger partial charge in [-0.25, -0.2) is 23.4 Å². The molecule has 68 heavy (non-hydrogen) atoms. The Hall–Kier alpha value is -6.51. The predicted molar refractivity (Wildman–Crippen MR) is 237 cm³/mol. The number of nitrogens with zero attached hydrogens (tertiary/aromatic N) is 5. The van der Waals surface area contributed by atoms with Crippen molar-refractivity contribution in [3.63, 3.8) is 0 Å². The van der Waals surface area contributed by atoms with Crippen molar-refractivity contribution >= 4 is 35.3 Å². The molecule has 1 unspecified atom stereocenters. The van der Waals surface area contributed by atoms with Gasteiger partial charge in [0.2, 0.25) is 5.88 Å². The van der Waals surface area contributed by atoms with Gasteiger partial charge in [-0.3, -0.25) is 4.79 Å². The van der Waals surface area contributed by atoms with Crippen LogP contribution in [0.5, 0.6) is 11.6 Å². The molecule has 19 nitrogen and oxygen atoms in total. The number of halogens is 3. The van der Waals surface area contributed by atoms with Gasteiger partial charge in [0.1, 0.15) is 23.6 Å². The number of aryl methyl sites for hydroxylation is 1. The number of carbonyl (C=O) groups is 3. The van der Waals surface area contributed by atoms with Crippen LogP contribution in [0.1, 0.15) is 87.0 Å². The lowest BCUT2D eigenvalue weighted by Crippen LogP contribution is -2.46. The molecule has 0 bridgehead atoms. The highest BCUT2D eigenvalue weighted by Gasteiger charge is 2.54. The first-order chi connectivity index (χ1) is 32.7. The highest BCUT2D eigenvalue weighted by Crippen LogP contribution is 2.59. The van der Waals surface area contributed by atoms with Gasteiger partial charge in [-0.15, -0.1) is 20.2 Å². The number of benzene rings is 2. The molecule has 1 atom stereocenters. The van der Waals surface area contributed by atoms with Crippen LogP contribution < -0.4 is 9.47 Å². The largest absolute Gasteiger partial charge is 0.508 e. The molecule has 0 radical (unpaired) electrons. The molecule has 2 fully saturated rings. The summed E-state index contributed by atoms with van der Waals surface area (Å²) in [4.78, 5) is 78.1. The standard InChI is InChI=1S/C46H54ClF2N5O14/c1-30(68-45(57)64-22-4-6-25-67-54(60)61)28-65-42-31(2)34(17-20-50-42)26-52(35-13-14-35)43(55)36-27-51(44(56)63-21-3-5-24-66-53(58)59)29-46(18-19-46)39(36)33-11-9-32(10-12-33)8-7-23-62-41-38(49)16-15-37(48)40(41)47/h9-12,15-17,20,30,35H,3-8,13-14,18-19,21-29H2,1-2H3. The number of amides is 2. The molecule has 1 spiro atoms. The van der Waals surface area contributed by atoms with Crippen LogP contribution in [-0.2, 0) is 41.6 Å². The Kier molecular flexibility index (Phi) is 17.9. The van der Waals surface area contributed by atoms with E-state index in [1.54, 1.807) is 18.0 Å². The molecular weight excluding hydrogens is 920 g/mol. The first-order valence-corrected chi connectivity index (χ1v) is 22.8. The van der Waals surface area contributed by atoms with Gasteiger partial charge in [0, 0.05) is 41.9 Å². The smallest absolute Gasteiger partial charge is 0.489 e. The molecular formula is C46H54ClF2N5O14. The molecule has 0 N–H and O–H groups in total. The number of rotatable bonds is 26. The third-order valence-electron chi connectivity index (χ3n) is 11.7. The van der Waals surface area contributed by atoms with Crippen molar-refractivity contribution < 1.29 is 66.7 Å². The van der Waals surface area contributed by atoms with E-state index >= 15 is 4.79 Å². The van der Waals surface area contributed by atoms with Gasteiger partial charge in [0.15, 0.2) is 11.6 Å². The fraction of sp³-hybridized carbons (Fsp3) is 0.522. The van der Waals surface area contributed by atoms with Crippen LogP contribution in [0.25, 0.3) is 5.57 Å². The number of hydrogen-bond acceptors (Lipinski definition) is 15. The summed E-state index contributed by atoms with van der Waals surface area (Å²) in [5.74, 6) is -1.81. The third-order valence-corrected chi connectivity index (χ3v) is 12.0. The van der Waals surface area contributed by atoms with Crippen molar-refractivity contribution in [2.24, 2.45) is 5.41 Å². The molecule has 22 heteroatoms. The van der Waals surface area contributed by atoms with Crippen LogP contribution in [0.3, 0.4) is 0 Å². The van der Waals surface area contributed by atoms with Gasteiger partial charge < -0.3 is 43.2 Å². The average molecular weight is 974 g/mol. The third kappa shape index (κ3) is 14.3. The van der Waals surface area contributed by atoms with E-state index in [1.165, 1.54) is 0 Å². The highest BCUT2D eigenvalue weighted by molar-refractivity contribution is 6.32. The number of pyridine rings is 1. The van der Waals surface area contributed by atoms with Gasteiger partial charge >= 0.3 is 12.2 Å². The lowest BCUT2D eigenvalue weighted by atomic mass is 9.81. The molecule has 1 aliphatic heterocycles. The minimum Gasteiger partial charge on any atom is -0.489 e. The quantitative estimate of drug-likeness (QED) is 0.0242. The zero-order valence-corrected chi connectivity index (χ0v) is 38.5. The predicted octanol–water partition coefficient (Wildman–Crippen LogP) is 8.41. The minimum absolute atomic E-state index is 0.00907. The normalized spacial score (nSPS) is 15.3. The van der Waals surface area contributed by atoms with E-state index in [0.717, 1.165) is 60.1 Å². The van der Waals surface area contributed by atoms with Crippen molar-refractivity contribution in [2.75, 3.05) is 52.7 Å². The second-order valence-corrected chi connectivity index (χ2v) is 17.2. The second kappa shape index (κ2) is 24.0. The van der Waals surface area contributed by atoms with E-state index in [0.29, 0.717) is 56.2 Å². The maximum atomic E-state index is 15.1. The summed E-state index contributed by atoms with van der Waals surface area (Å²) in [7, 11) is 0. The van der Waals surface area contributed by atoms with Crippen LogP contribution in [0.15, 0.2) is 54.2 Å². The lowest BCUT2D eigenvalue weighted by Gasteiger charge is -2.38. The Balaban J connectivity index is 1.16. The maximum Gasteiger partial charge on any atom is 0.508 e. The summed E-state index contributed by atoms with van der Waals surface area (Å²) in [6, 6.07) is 11.5. The molecule has 3 aliphatic rings. The molecule has 3 aromatic rings. The molecule has 2 heterocycles. The molecule has 2 aromatic carbocycles. The van der Waals surface area contributed by atoms with E-state index in [9.17, 15) is 38.6 Å². The maximum absolute atomic E-state index is 15.1. The summed E-state index contributed by atoms with van der Waals surface area (Å²) in [6.45, 7) is 3.78. The van der Waals surface area contributed by atoms with E-state index < -0.39 is 50.6 Å². The Bertz CT molecular complexity index is 2310. The average Bonchev–Trinajstić information content (AvgIpc) is 4.26. The van der Waals surface area contributed by atoms with Gasteiger partial charge in [-0.2, -0.15) is 0 Å². The summed E-state index contributed by atoms with van der Waals surface area (Å²) in [5, 5.41) is 18.6. The van der Waals surface area contributed by atoms with Crippen LogP contribution in [0.2, 0.25) is 5.02 Å². The molecule has 2 saturated carbocycles. The zero-order chi connectivity index (χ0) is 48.8. The highest BCUT2D eigenvalue weighted by atomic mass is 35.5. The summed E-state index contributed by atoms with van der Waals surface area (Å²) < 4.78 is 55.5. The first-order valence-electron chi connectivity index (χ1n) is 22.4. The van der Waals surface area contributed by atoms with Gasteiger partial charge in [-0.1, -0.05) is 35.9 Å². The van der Waals surface area contributed by atoms with Crippen LogP contribution in [0.4, 0.5) is 18.4 Å². The first kappa shape index (κ1) is 50.9. The Labute approximate surface area is 395 Å². The summed E-state index contributed by atoms with van der Waals surface area (Å²) >= 11 is 5.91. The summed E-state index contributed by atoms with van der Waals surface area (Å²) in [6.07, 6.45) is 4.72. The topological polar surface area (TPSA) is 221 Å². The molecule has 368 valence electrons. The fourth-order valence-electron chi connectivity index (χ4n) is 7.86. The number of ether oxygens (including phenoxy) is 5. The zero-order valence-electron chi connectivity index (χ0n) is 37.8. The SMILES string of the molecule is Cc1c(CN(C(=O)C2=C(c3ccc(CCCOc4c(F)ccc(F)c4Cl)cc3)C3(CC3)CN(C(=O)OCCCCO[N+](=O)[O-])C2)C2CC2)ccnc1OCC(C)OC(=O)OCCCCO[N+](=O)[O-]. The van der Waals surface area contributed by atoms with E-state index in [-0.39, 0.29) is 76.3 Å². The van der Waals surface area contributed by atoms with Crippen LogP contribution in [-0.4, -0.2) is 108 Å². The Morgan fingerprint density at radius 1 is 0.882 bits per heavy atom. The number of hydrogen-bond donors (Lipinski definition) is 0. The fourth-order valence-corrected chi connectivity index (χ4v) is 8.07. The Morgan fingerprint density at radius 2 is 1.53 bits per heavy atom. The molecule has 2 aliphatic carbocycles. The van der Waals surface area contributed by atoms with Gasteiger partial charge in [0.25, 0.3) is 16.1 Å². The van der Waals surface area contributed by atoms with Crippen molar-refractivity contribution in [3.05, 3.63) is 113 Å². The van der Waals surface area contributed by atoms with Crippen molar-refractivity contribution in [3.8, 4) is 11.6 Å². The monoisotopic (exact) mass is 973 g/mol.